The SMILES string of the molecule is CCCS(=O)(=O)Nc1ccc(NC(=O)c2ccc(S(C)=O)cc2)cc1. The van der Waals surface area contributed by atoms with E-state index >= 15 is 0 Å². The molecule has 0 fully saturated rings. The van der Waals surface area contributed by atoms with Crippen LogP contribution in [0.1, 0.15) is 23.7 Å². The maximum absolute atomic E-state index is 12.2. The largest absolute Gasteiger partial charge is 0.322 e. The molecule has 2 N–H and O–H groups in total. The number of nitrogens with one attached hydrogen (secondary N) is 2. The molecule has 0 aliphatic carbocycles. The number of sulfonamides is 1. The number of hydrogen-bond donors (Lipinski definition) is 2. The van der Waals surface area contributed by atoms with Gasteiger partial charge in [-0.05, 0) is 55.0 Å². The summed E-state index contributed by atoms with van der Waals surface area (Å²) in [6, 6.07) is 12.9. The predicted octanol–water partition coefficient (Wildman–Crippen LogP) is 2.83. The molecule has 134 valence electrons. The zero-order chi connectivity index (χ0) is 18.4. The van der Waals surface area contributed by atoms with Gasteiger partial charge in [0.15, 0.2) is 0 Å². The fourth-order valence-corrected chi connectivity index (χ4v) is 3.78. The Balaban J connectivity index is 2.03. The molecule has 6 nitrogen and oxygen atoms in total. The highest BCUT2D eigenvalue weighted by Gasteiger charge is 2.10. The number of carbonyl (C=O) groups is 1. The molecule has 0 aliphatic rings. The number of anilines is 2. The molecule has 0 radical (unpaired) electrons. The van der Waals surface area contributed by atoms with Gasteiger partial charge in [-0.2, -0.15) is 0 Å². The zero-order valence-electron chi connectivity index (χ0n) is 14.0. The average molecular weight is 380 g/mol. The lowest BCUT2D eigenvalue weighted by Gasteiger charge is -2.09. The van der Waals surface area contributed by atoms with E-state index in [-0.39, 0.29) is 11.7 Å². The molecule has 0 saturated carbocycles. The third-order valence-electron chi connectivity index (χ3n) is 3.34. The fraction of sp³-hybridized carbons (Fsp3) is 0.235. The van der Waals surface area contributed by atoms with Gasteiger partial charge in [0.2, 0.25) is 10.0 Å². The Morgan fingerprint density at radius 2 is 1.56 bits per heavy atom. The van der Waals surface area contributed by atoms with E-state index in [2.05, 4.69) is 10.0 Å². The van der Waals surface area contributed by atoms with E-state index in [1.54, 1.807) is 61.7 Å². The minimum atomic E-state index is -3.34. The van der Waals surface area contributed by atoms with E-state index < -0.39 is 20.8 Å². The number of benzene rings is 2. The van der Waals surface area contributed by atoms with Crippen LogP contribution < -0.4 is 10.0 Å². The second kappa shape index (κ2) is 8.26. The summed E-state index contributed by atoms with van der Waals surface area (Å²) in [7, 11) is -4.43. The summed E-state index contributed by atoms with van der Waals surface area (Å²) in [5.74, 6) is -0.239. The van der Waals surface area contributed by atoms with Crippen molar-refractivity contribution in [1.29, 1.82) is 0 Å². The Morgan fingerprint density at radius 3 is 2.08 bits per heavy atom. The summed E-state index contributed by atoms with van der Waals surface area (Å²) >= 11 is 0. The summed E-state index contributed by atoms with van der Waals surface area (Å²) in [5, 5.41) is 2.73. The van der Waals surface area contributed by atoms with Crippen LogP contribution in [0.25, 0.3) is 0 Å². The van der Waals surface area contributed by atoms with Gasteiger partial charge in [-0.15, -0.1) is 0 Å². The van der Waals surface area contributed by atoms with Crippen LogP contribution in [0.2, 0.25) is 0 Å². The molecule has 2 aromatic rings. The van der Waals surface area contributed by atoms with E-state index in [1.807, 2.05) is 0 Å². The van der Waals surface area contributed by atoms with Gasteiger partial charge < -0.3 is 5.32 Å². The van der Waals surface area contributed by atoms with Crippen molar-refractivity contribution in [2.75, 3.05) is 22.0 Å². The van der Waals surface area contributed by atoms with Gasteiger partial charge in [0.25, 0.3) is 5.91 Å². The highest BCUT2D eigenvalue weighted by atomic mass is 32.2. The Hall–Kier alpha value is -2.19. The van der Waals surface area contributed by atoms with Crippen LogP contribution >= 0.6 is 0 Å². The molecule has 0 aromatic heterocycles. The van der Waals surface area contributed by atoms with Crippen LogP contribution in [0.15, 0.2) is 53.4 Å². The van der Waals surface area contributed by atoms with Crippen molar-refractivity contribution in [3.63, 3.8) is 0 Å². The van der Waals surface area contributed by atoms with Gasteiger partial charge in [0.1, 0.15) is 0 Å². The number of hydrogen-bond acceptors (Lipinski definition) is 4. The molecule has 0 spiro atoms. The maximum atomic E-state index is 12.2. The third-order valence-corrected chi connectivity index (χ3v) is 5.77. The molecule has 0 bridgehead atoms. The van der Waals surface area contributed by atoms with Crippen LogP contribution in [-0.2, 0) is 20.8 Å². The molecule has 0 aliphatic heterocycles. The van der Waals surface area contributed by atoms with Crippen molar-refractivity contribution >= 4 is 38.1 Å². The molecule has 0 heterocycles. The fourth-order valence-electron chi connectivity index (χ4n) is 2.12. The second-order valence-electron chi connectivity index (χ2n) is 5.43. The lowest BCUT2D eigenvalue weighted by atomic mass is 10.2. The minimum absolute atomic E-state index is 0.0596. The van der Waals surface area contributed by atoms with E-state index in [9.17, 15) is 17.4 Å². The topological polar surface area (TPSA) is 92.3 Å². The van der Waals surface area contributed by atoms with Crippen molar-refractivity contribution in [1.82, 2.24) is 0 Å². The summed E-state index contributed by atoms with van der Waals surface area (Å²) in [4.78, 5) is 12.8. The van der Waals surface area contributed by atoms with Crippen LogP contribution in [0.5, 0.6) is 0 Å². The predicted molar refractivity (Wildman–Crippen MR) is 101 cm³/mol. The highest BCUT2D eigenvalue weighted by molar-refractivity contribution is 7.92. The first kappa shape index (κ1) is 19.1. The molecule has 1 unspecified atom stereocenters. The molecule has 2 rings (SSSR count). The second-order valence-corrected chi connectivity index (χ2v) is 8.65. The molecule has 0 saturated heterocycles. The van der Waals surface area contributed by atoms with Gasteiger partial charge in [0.05, 0.1) is 5.75 Å². The Bertz CT molecular complexity index is 861. The van der Waals surface area contributed by atoms with Crippen molar-refractivity contribution in [2.45, 2.75) is 18.2 Å². The van der Waals surface area contributed by atoms with Crippen LogP contribution in [0.3, 0.4) is 0 Å². The van der Waals surface area contributed by atoms with Crippen LogP contribution in [-0.4, -0.2) is 30.5 Å². The van der Waals surface area contributed by atoms with Crippen molar-refractivity contribution in [3.8, 4) is 0 Å². The summed E-state index contributed by atoms with van der Waals surface area (Å²) < 4.78 is 37.3. The van der Waals surface area contributed by atoms with E-state index in [0.717, 1.165) is 0 Å². The first-order valence-electron chi connectivity index (χ1n) is 7.66. The van der Waals surface area contributed by atoms with Gasteiger partial charge in [-0.1, -0.05) is 6.92 Å². The summed E-state index contributed by atoms with van der Waals surface area (Å²) in [6.07, 6.45) is 2.11. The van der Waals surface area contributed by atoms with E-state index in [4.69, 9.17) is 0 Å². The number of amides is 1. The molecule has 25 heavy (non-hydrogen) atoms. The molecule has 1 atom stereocenters. The Morgan fingerprint density at radius 1 is 1.00 bits per heavy atom. The lowest BCUT2D eigenvalue weighted by Crippen LogP contribution is -2.16. The van der Waals surface area contributed by atoms with Crippen molar-refractivity contribution < 1.29 is 17.4 Å². The van der Waals surface area contributed by atoms with E-state index in [1.165, 1.54) is 0 Å². The van der Waals surface area contributed by atoms with Gasteiger partial charge in [0, 0.05) is 38.9 Å². The number of rotatable bonds is 7. The molecular weight excluding hydrogens is 360 g/mol. The van der Waals surface area contributed by atoms with Gasteiger partial charge >= 0.3 is 0 Å². The summed E-state index contributed by atoms with van der Waals surface area (Å²) in [6.45, 7) is 1.79. The molecule has 8 heteroatoms. The molecular formula is C17H20N2O4S2. The minimum Gasteiger partial charge on any atom is -0.322 e. The van der Waals surface area contributed by atoms with Gasteiger partial charge in [-0.25, -0.2) is 8.42 Å². The normalized spacial score (nSPS) is 12.4. The van der Waals surface area contributed by atoms with Crippen LogP contribution in [0.4, 0.5) is 11.4 Å². The standard InChI is InChI=1S/C17H20N2O4S2/c1-3-12-25(22,23)19-15-8-6-14(7-9-15)18-17(20)13-4-10-16(11-5-13)24(2)21/h4-11,19H,3,12H2,1-2H3,(H,18,20). The monoisotopic (exact) mass is 380 g/mol. The first-order chi connectivity index (χ1) is 11.8. The lowest BCUT2D eigenvalue weighted by molar-refractivity contribution is 0.102. The quantitative estimate of drug-likeness (QED) is 0.772. The maximum Gasteiger partial charge on any atom is 0.255 e. The third kappa shape index (κ3) is 5.68. The summed E-state index contributed by atoms with van der Waals surface area (Å²) in [5.41, 5.74) is 1.44. The highest BCUT2D eigenvalue weighted by Crippen LogP contribution is 2.16. The van der Waals surface area contributed by atoms with Crippen molar-refractivity contribution in [2.24, 2.45) is 0 Å². The average Bonchev–Trinajstić information content (AvgIpc) is 2.56. The zero-order valence-corrected chi connectivity index (χ0v) is 15.6. The smallest absolute Gasteiger partial charge is 0.255 e. The number of carbonyl (C=O) groups excluding carboxylic acids is 1. The Labute approximate surface area is 150 Å². The van der Waals surface area contributed by atoms with Gasteiger partial charge in [-0.3, -0.25) is 13.7 Å². The molecule has 2 aromatic carbocycles. The first-order valence-corrected chi connectivity index (χ1v) is 10.9. The van der Waals surface area contributed by atoms with E-state index in [0.29, 0.717) is 28.3 Å². The molecule has 1 amide bonds. The Kier molecular flexibility index (Phi) is 6.33. The van der Waals surface area contributed by atoms with Crippen LogP contribution in [0, 0.1) is 0 Å². The van der Waals surface area contributed by atoms with Crippen molar-refractivity contribution in [3.05, 3.63) is 54.1 Å².